The van der Waals surface area contributed by atoms with Crippen molar-refractivity contribution in [3.8, 4) is 11.3 Å². The Morgan fingerprint density at radius 2 is 1.89 bits per heavy atom. The monoisotopic (exact) mass is 368 g/mol. The molecule has 0 aliphatic rings. The predicted octanol–water partition coefficient (Wildman–Crippen LogP) is 5.31. The summed E-state index contributed by atoms with van der Waals surface area (Å²) in [6, 6.07) is 4.72. The van der Waals surface area contributed by atoms with Crippen LogP contribution in [0.4, 0.5) is 5.69 Å². The van der Waals surface area contributed by atoms with Gasteiger partial charge in [-0.3, -0.25) is 10.1 Å². The first-order chi connectivity index (χ1) is 8.41. The maximum Gasteiger partial charge on any atom is 0.314 e. The van der Waals surface area contributed by atoms with Crippen LogP contribution in [0.5, 0.6) is 0 Å². The second-order valence-corrected chi connectivity index (χ2v) is 5.35. The fourth-order valence-corrected chi connectivity index (χ4v) is 2.36. The molecule has 2 rings (SSSR count). The van der Waals surface area contributed by atoms with E-state index in [1.54, 1.807) is 12.1 Å². The first-order valence-electron chi connectivity index (χ1n) is 4.58. The quantitative estimate of drug-likeness (QED) is 0.575. The molecule has 1 N–H and O–H groups in total. The molecule has 4 nitrogen and oxygen atoms in total. The molecule has 0 unspecified atom stereocenters. The van der Waals surface area contributed by atoms with Gasteiger partial charge >= 0.3 is 5.69 Å². The highest BCUT2D eigenvalue weighted by atomic mass is 79.9. The molecule has 0 amide bonds. The van der Waals surface area contributed by atoms with Gasteiger partial charge in [-0.05, 0) is 28.1 Å². The summed E-state index contributed by atoms with van der Waals surface area (Å²) in [4.78, 5) is 13.2. The summed E-state index contributed by atoms with van der Waals surface area (Å²) in [5, 5.41) is 11.7. The summed E-state index contributed by atoms with van der Waals surface area (Å²) in [5.41, 5.74) is 0.598. The SMILES string of the molecule is O=[N+]([O-])c1c(-c2ccc(Cl)c(Cl)c2)[nH]c(Br)c1Cl. The van der Waals surface area contributed by atoms with Gasteiger partial charge < -0.3 is 4.98 Å². The van der Waals surface area contributed by atoms with Crippen LogP contribution in [0.1, 0.15) is 0 Å². The summed E-state index contributed by atoms with van der Waals surface area (Å²) in [6.07, 6.45) is 0. The van der Waals surface area contributed by atoms with Crippen LogP contribution in [0.3, 0.4) is 0 Å². The van der Waals surface area contributed by atoms with E-state index in [4.69, 9.17) is 34.8 Å². The Hall–Kier alpha value is -0.750. The van der Waals surface area contributed by atoms with Crippen LogP contribution >= 0.6 is 50.7 Å². The van der Waals surface area contributed by atoms with Crippen molar-refractivity contribution in [1.82, 2.24) is 4.98 Å². The lowest BCUT2D eigenvalue weighted by Crippen LogP contribution is -1.90. The molecular formula is C10H4BrCl3N2O2. The molecule has 0 aliphatic carbocycles. The zero-order valence-electron chi connectivity index (χ0n) is 8.51. The van der Waals surface area contributed by atoms with Gasteiger partial charge in [0, 0.05) is 5.56 Å². The van der Waals surface area contributed by atoms with Crippen LogP contribution in [0.25, 0.3) is 11.3 Å². The number of halogens is 4. The molecule has 0 aliphatic heterocycles. The van der Waals surface area contributed by atoms with Crippen molar-refractivity contribution in [2.24, 2.45) is 0 Å². The van der Waals surface area contributed by atoms with Crippen molar-refractivity contribution in [1.29, 1.82) is 0 Å². The minimum Gasteiger partial charge on any atom is -0.342 e. The second-order valence-electron chi connectivity index (χ2n) is 3.36. The normalized spacial score (nSPS) is 10.7. The van der Waals surface area contributed by atoms with Gasteiger partial charge in [0.15, 0.2) is 5.02 Å². The fourth-order valence-electron chi connectivity index (χ4n) is 1.47. The summed E-state index contributed by atoms with van der Waals surface area (Å²) < 4.78 is 0.344. The third-order valence-electron chi connectivity index (χ3n) is 2.26. The van der Waals surface area contributed by atoms with Crippen LogP contribution in [-0.2, 0) is 0 Å². The van der Waals surface area contributed by atoms with Gasteiger partial charge in [-0.15, -0.1) is 0 Å². The largest absolute Gasteiger partial charge is 0.342 e. The maximum absolute atomic E-state index is 11.0. The van der Waals surface area contributed by atoms with E-state index >= 15 is 0 Å². The van der Waals surface area contributed by atoms with E-state index in [0.717, 1.165) is 0 Å². The number of hydrogen-bond acceptors (Lipinski definition) is 2. The van der Waals surface area contributed by atoms with Crippen molar-refractivity contribution in [3.63, 3.8) is 0 Å². The average molecular weight is 370 g/mol. The number of rotatable bonds is 2. The molecular weight excluding hydrogens is 366 g/mol. The molecule has 0 radical (unpaired) electrons. The van der Waals surface area contributed by atoms with Gasteiger partial charge in [-0.1, -0.05) is 40.9 Å². The Bertz CT molecular complexity index is 642. The molecule has 0 saturated heterocycles. The molecule has 2 aromatic rings. The molecule has 94 valence electrons. The lowest BCUT2D eigenvalue weighted by atomic mass is 10.1. The Kier molecular flexibility index (Phi) is 3.87. The number of hydrogen-bond donors (Lipinski definition) is 1. The summed E-state index contributed by atoms with van der Waals surface area (Å²) >= 11 is 20.6. The number of H-pyrrole nitrogens is 1. The Labute approximate surface area is 125 Å². The standard InChI is InChI=1S/C10H4BrCl3N2O2/c11-10-7(14)9(16(17)18)8(15-10)4-1-2-5(12)6(13)3-4/h1-3,15H. The number of aromatic amines is 1. The number of nitrogens with zero attached hydrogens (tertiary/aromatic N) is 1. The summed E-state index contributed by atoms with van der Waals surface area (Å²) in [5.74, 6) is 0. The van der Waals surface area contributed by atoms with Crippen molar-refractivity contribution in [3.05, 3.63) is 48.0 Å². The van der Waals surface area contributed by atoms with Gasteiger partial charge in [0.25, 0.3) is 0 Å². The number of benzene rings is 1. The molecule has 1 heterocycles. The summed E-state index contributed by atoms with van der Waals surface area (Å²) in [7, 11) is 0. The molecule has 1 aromatic heterocycles. The van der Waals surface area contributed by atoms with Crippen LogP contribution in [-0.4, -0.2) is 9.91 Å². The van der Waals surface area contributed by atoms with Crippen LogP contribution < -0.4 is 0 Å². The van der Waals surface area contributed by atoms with Gasteiger partial charge in [0.05, 0.1) is 15.0 Å². The highest BCUT2D eigenvalue weighted by Crippen LogP contribution is 2.41. The first-order valence-corrected chi connectivity index (χ1v) is 6.51. The third kappa shape index (κ3) is 2.36. The number of nitrogens with one attached hydrogen (secondary N) is 1. The zero-order valence-corrected chi connectivity index (χ0v) is 12.4. The minimum absolute atomic E-state index is 0.0149. The van der Waals surface area contributed by atoms with Crippen LogP contribution in [0.15, 0.2) is 22.8 Å². The van der Waals surface area contributed by atoms with Crippen molar-refractivity contribution in [2.75, 3.05) is 0 Å². The molecule has 1 aromatic carbocycles. The molecule has 0 spiro atoms. The minimum atomic E-state index is -0.554. The van der Waals surface area contributed by atoms with Gasteiger partial charge in [-0.2, -0.15) is 0 Å². The lowest BCUT2D eigenvalue weighted by Gasteiger charge is -2.01. The molecule has 0 fully saturated rings. The smallest absolute Gasteiger partial charge is 0.314 e. The highest BCUT2D eigenvalue weighted by molar-refractivity contribution is 9.10. The van der Waals surface area contributed by atoms with Gasteiger partial charge in [0.1, 0.15) is 10.3 Å². The van der Waals surface area contributed by atoms with Crippen LogP contribution in [0.2, 0.25) is 15.1 Å². The van der Waals surface area contributed by atoms with Gasteiger partial charge in [0.2, 0.25) is 0 Å². The van der Waals surface area contributed by atoms with Crippen molar-refractivity contribution < 1.29 is 4.92 Å². The van der Waals surface area contributed by atoms with Gasteiger partial charge in [-0.25, -0.2) is 0 Å². The number of aromatic nitrogens is 1. The first kappa shape index (κ1) is 13.7. The third-order valence-corrected chi connectivity index (χ3v) is 4.19. The topological polar surface area (TPSA) is 58.9 Å². The van der Waals surface area contributed by atoms with E-state index < -0.39 is 4.92 Å². The van der Waals surface area contributed by atoms with E-state index in [2.05, 4.69) is 20.9 Å². The van der Waals surface area contributed by atoms with E-state index in [1.165, 1.54) is 6.07 Å². The van der Waals surface area contributed by atoms with Crippen LogP contribution in [0, 0.1) is 10.1 Å². The summed E-state index contributed by atoms with van der Waals surface area (Å²) in [6.45, 7) is 0. The average Bonchev–Trinajstić information content (AvgIpc) is 2.59. The Balaban J connectivity index is 2.67. The molecule has 0 saturated carbocycles. The molecule has 18 heavy (non-hydrogen) atoms. The fraction of sp³-hybridized carbons (Fsp3) is 0. The Morgan fingerprint density at radius 3 is 2.44 bits per heavy atom. The van der Waals surface area contributed by atoms with E-state index in [1.807, 2.05) is 0 Å². The molecule has 8 heteroatoms. The number of nitro groups is 1. The van der Waals surface area contributed by atoms with Crippen molar-refractivity contribution in [2.45, 2.75) is 0 Å². The van der Waals surface area contributed by atoms with E-state index in [0.29, 0.717) is 20.2 Å². The zero-order chi connectivity index (χ0) is 13.4. The lowest BCUT2D eigenvalue weighted by molar-refractivity contribution is -0.383. The van der Waals surface area contributed by atoms with E-state index in [-0.39, 0.29) is 16.4 Å². The maximum atomic E-state index is 11.0. The highest BCUT2D eigenvalue weighted by Gasteiger charge is 2.26. The van der Waals surface area contributed by atoms with Crippen molar-refractivity contribution >= 4 is 56.4 Å². The Morgan fingerprint density at radius 1 is 1.22 bits per heavy atom. The second kappa shape index (κ2) is 5.09. The predicted molar refractivity (Wildman–Crippen MR) is 75.6 cm³/mol. The van der Waals surface area contributed by atoms with E-state index in [9.17, 15) is 10.1 Å². The molecule has 0 bridgehead atoms. The molecule has 0 atom stereocenters.